The lowest BCUT2D eigenvalue weighted by atomic mass is 9.92. The first kappa shape index (κ1) is 15.3. The Morgan fingerprint density at radius 2 is 1.83 bits per heavy atom. The lowest BCUT2D eigenvalue weighted by molar-refractivity contribution is 0.0757. The van der Waals surface area contributed by atoms with Crippen LogP contribution in [0.3, 0.4) is 0 Å². The van der Waals surface area contributed by atoms with Crippen molar-refractivity contribution in [2.24, 2.45) is 11.8 Å². The summed E-state index contributed by atoms with van der Waals surface area (Å²) >= 11 is 3.50. The standard InChI is InChI=1S/C17H21BrN2O3/c18-14-7-13(8-15-16(14)23-6-5-22-15)17(21)20-3-1-11-9-19-10-12(11)2-4-20/h7-8,11-12,19H,1-6,9-10H2/t11-,12+. The maximum Gasteiger partial charge on any atom is 0.254 e. The minimum Gasteiger partial charge on any atom is -0.486 e. The monoisotopic (exact) mass is 380 g/mol. The molecule has 23 heavy (non-hydrogen) atoms. The van der Waals surface area contributed by atoms with Crippen LogP contribution in [0.25, 0.3) is 0 Å². The number of rotatable bonds is 1. The highest BCUT2D eigenvalue weighted by Gasteiger charge is 2.32. The Balaban J connectivity index is 1.53. The van der Waals surface area contributed by atoms with Crippen LogP contribution in [-0.4, -0.2) is 50.2 Å². The van der Waals surface area contributed by atoms with Crippen LogP contribution < -0.4 is 14.8 Å². The smallest absolute Gasteiger partial charge is 0.254 e. The van der Waals surface area contributed by atoms with E-state index in [4.69, 9.17) is 9.47 Å². The molecule has 0 bridgehead atoms. The molecule has 3 aliphatic rings. The fourth-order valence-corrected chi connectivity index (χ4v) is 4.39. The molecule has 0 aromatic heterocycles. The van der Waals surface area contributed by atoms with E-state index in [0.717, 1.165) is 55.3 Å². The molecule has 1 amide bonds. The van der Waals surface area contributed by atoms with Crippen molar-refractivity contribution in [2.45, 2.75) is 12.8 Å². The Labute approximate surface area is 144 Å². The molecule has 3 aliphatic heterocycles. The number of hydrogen-bond donors (Lipinski definition) is 1. The number of amides is 1. The van der Waals surface area contributed by atoms with Crippen LogP contribution in [0.15, 0.2) is 16.6 Å². The zero-order valence-corrected chi connectivity index (χ0v) is 14.6. The molecule has 1 N–H and O–H groups in total. The van der Waals surface area contributed by atoms with Crippen LogP contribution in [0.4, 0.5) is 0 Å². The molecule has 6 heteroatoms. The summed E-state index contributed by atoms with van der Waals surface area (Å²) in [5, 5.41) is 3.47. The average molecular weight is 381 g/mol. The van der Waals surface area contributed by atoms with Crippen LogP contribution in [0.1, 0.15) is 23.2 Å². The summed E-state index contributed by atoms with van der Waals surface area (Å²) in [6, 6.07) is 3.66. The first-order valence-electron chi connectivity index (χ1n) is 8.31. The van der Waals surface area contributed by atoms with Crippen molar-refractivity contribution in [3.8, 4) is 11.5 Å². The third-order valence-corrected chi connectivity index (χ3v) is 5.74. The highest BCUT2D eigenvalue weighted by Crippen LogP contribution is 2.39. The minimum atomic E-state index is 0.0932. The SMILES string of the molecule is O=C(c1cc(Br)c2c(c1)OCCO2)N1CC[C@@H]2CNC[C@@H]2CC1. The van der Waals surface area contributed by atoms with E-state index in [0.29, 0.717) is 30.3 Å². The second-order valence-corrected chi connectivity index (χ2v) is 7.38. The number of fused-ring (bicyclic) bond motifs is 2. The number of hydrogen-bond acceptors (Lipinski definition) is 4. The van der Waals surface area contributed by atoms with Gasteiger partial charge in [-0.3, -0.25) is 4.79 Å². The molecule has 0 radical (unpaired) electrons. The molecule has 2 saturated heterocycles. The van der Waals surface area contributed by atoms with Crippen molar-refractivity contribution < 1.29 is 14.3 Å². The number of carbonyl (C=O) groups excluding carboxylic acids is 1. The Morgan fingerprint density at radius 3 is 2.57 bits per heavy atom. The fraction of sp³-hybridized carbons (Fsp3) is 0.588. The molecular weight excluding hydrogens is 360 g/mol. The predicted molar refractivity (Wildman–Crippen MR) is 90.1 cm³/mol. The van der Waals surface area contributed by atoms with Crippen LogP contribution >= 0.6 is 15.9 Å². The summed E-state index contributed by atoms with van der Waals surface area (Å²) in [7, 11) is 0. The van der Waals surface area contributed by atoms with Crippen molar-refractivity contribution in [1.29, 1.82) is 0 Å². The van der Waals surface area contributed by atoms with E-state index in [2.05, 4.69) is 21.2 Å². The Bertz CT molecular complexity index is 608. The van der Waals surface area contributed by atoms with Gasteiger partial charge in [0.2, 0.25) is 0 Å². The van der Waals surface area contributed by atoms with Crippen molar-refractivity contribution in [3.05, 3.63) is 22.2 Å². The molecule has 124 valence electrons. The van der Waals surface area contributed by atoms with Gasteiger partial charge in [0, 0.05) is 18.7 Å². The average Bonchev–Trinajstić information content (AvgIpc) is 2.93. The quantitative estimate of drug-likeness (QED) is 0.811. The van der Waals surface area contributed by atoms with Crippen molar-refractivity contribution in [2.75, 3.05) is 39.4 Å². The molecule has 1 aromatic rings. The molecule has 0 spiro atoms. The van der Waals surface area contributed by atoms with E-state index in [1.54, 1.807) is 0 Å². The van der Waals surface area contributed by atoms with Crippen LogP contribution in [0, 0.1) is 11.8 Å². The van der Waals surface area contributed by atoms with Gasteiger partial charge in [0.15, 0.2) is 11.5 Å². The van der Waals surface area contributed by atoms with Gasteiger partial charge in [-0.05, 0) is 65.8 Å². The highest BCUT2D eigenvalue weighted by atomic mass is 79.9. The lowest BCUT2D eigenvalue weighted by Crippen LogP contribution is -2.33. The van der Waals surface area contributed by atoms with E-state index in [9.17, 15) is 4.79 Å². The maximum atomic E-state index is 12.9. The normalized spacial score (nSPS) is 26.6. The summed E-state index contributed by atoms with van der Waals surface area (Å²) in [5.74, 6) is 2.89. The van der Waals surface area contributed by atoms with E-state index in [-0.39, 0.29) is 5.91 Å². The number of likely N-dealkylation sites (tertiary alicyclic amines) is 1. The van der Waals surface area contributed by atoms with Crippen LogP contribution in [0.5, 0.6) is 11.5 Å². The van der Waals surface area contributed by atoms with Gasteiger partial charge in [-0.25, -0.2) is 0 Å². The zero-order valence-electron chi connectivity index (χ0n) is 13.0. The second-order valence-electron chi connectivity index (χ2n) is 6.53. The van der Waals surface area contributed by atoms with E-state index < -0.39 is 0 Å². The summed E-state index contributed by atoms with van der Waals surface area (Å²) in [6.07, 6.45) is 2.18. The maximum absolute atomic E-state index is 12.9. The Kier molecular flexibility index (Phi) is 4.20. The molecule has 5 nitrogen and oxygen atoms in total. The summed E-state index contributed by atoms with van der Waals surface area (Å²) < 4.78 is 12.0. The first-order chi connectivity index (χ1) is 11.2. The number of carbonyl (C=O) groups is 1. The van der Waals surface area contributed by atoms with Gasteiger partial charge in [0.25, 0.3) is 5.91 Å². The molecule has 0 aliphatic carbocycles. The van der Waals surface area contributed by atoms with Gasteiger partial charge < -0.3 is 19.7 Å². The molecule has 3 heterocycles. The largest absolute Gasteiger partial charge is 0.486 e. The molecule has 1 aromatic carbocycles. The molecule has 2 atom stereocenters. The summed E-state index contributed by atoms with van der Waals surface area (Å²) in [4.78, 5) is 14.9. The van der Waals surface area contributed by atoms with E-state index in [1.807, 2.05) is 17.0 Å². The highest BCUT2D eigenvalue weighted by molar-refractivity contribution is 9.10. The third-order valence-electron chi connectivity index (χ3n) is 5.15. The lowest BCUT2D eigenvalue weighted by Gasteiger charge is -2.24. The molecule has 0 unspecified atom stereocenters. The number of benzene rings is 1. The van der Waals surface area contributed by atoms with E-state index in [1.165, 1.54) is 0 Å². The van der Waals surface area contributed by atoms with Gasteiger partial charge in [-0.2, -0.15) is 0 Å². The molecule has 0 saturated carbocycles. The van der Waals surface area contributed by atoms with Crippen LogP contribution in [0.2, 0.25) is 0 Å². The number of halogens is 1. The zero-order chi connectivity index (χ0) is 15.8. The predicted octanol–water partition coefficient (Wildman–Crippen LogP) is 2.29. The number of nitrogens with one attached hydrogen (secondary N) is 1. The van der Waals surface area contributed by atoms with Gasteiger partial charge >= 0.3 is 0 Å². The fourth-order valence-electron chi connectivity index (χ4n) is 3.84. The number of ether oxygens (including phenoxy) is 2. The third kappa shape index (κ3) is 2.94. The second kappa shape index (κ2) is 6.32. The van der Waals surface area contributed by atoms with Gasteiger partial charge in [-0.1, -0.05) is 0 Å². The van der Waals surface area contributed by atoms with Crippen LogP contribution in [-0.2, 0) is 0 Å². The van der Waals surface area contributed by atoms with Crippen molar-refractivity contribution >= 4 is 21.8 Å². The Morgan fingerprint density at radius 1 is 1.13 bits per heavy atom. The first-order valence-corrected chi connectivity index (χ1v) is 9.11. The van der Waals surface area contributed by atoms with Gasteiger partial charge in [0.05, 0.1) is 4.47 Å². The molecule has 2 fully saturated rings. The molecular formula is C17H21BrN2O3. The summed E-state index contributed by atoms with van der Waals surface area (Å²) in [6.45, 7) is 4.95. The van der Waals surface area contributed by atoms with Gasteiger partial charge in [-0.15, -0.1) is 0 Å². The molecule has 4 rings (SSSR count). The minimum absolute atomic E-state index is 0.0932. The topological polar surface area (TPSA) is 50.8 Å². The van der Waals surface area contributed by atoms with E-state index >= 15 is 0 Å². The number of nitrogens with zero attached hydrogens (tertiary/aromatic N) is 1. The van der Waals surface area contributed by atoms with Crippen molar-refractivity contribution in [1.82, 2.24) is 10.2 Å². The van der Waals surface area contributed by atoms with Gasteiger partial charge in [0.1, 0.15) is 13.2 Å². The summed E-state index contributed by atoms with van der Waals surface area (Å²) in [5.41, 5.74) is 0.673. The Hall–Kier alpha value is -1.27. The van der Waals surface area contributed by atoms with Crippen molar-refractivity contribution in [3.63, 3.8) is 0 Å².